The second-order valence-electron chi connectivity index (χ2n) is 8.11. The second kappa shape index (κ2) is 8.57. The van der Waals surface area contributed by atoms with Crippen molar-refractivity contribution in [1.29, 1.82) is 5.26 Å². The van der Waals surface area contributed by atoms with Gasteiger partial charge in [-0.15, -0.1) is 11.8 Å². The molecule has 1 aliphatic carbocycles. The van der Waals surface area contributed by atoms with E-state index in [2.05, 4.69) is 30.3 Å². The van der Waals surface area contributed by atoms with Gasteiger partial charge in [-0.2, -0.15) is 5.26 Å². The van der Waals surface area contributed by atoms with Crippen molar-refractivity contribution in [2.75, 3.05) is 18.2 Å². The van der Waals surface area contributed by atoms with Gasteiger partial charge in [0.2, 0.25) is 11.8 Å². The van der Waals surface area contributed by atoms with Gasteiger partial charge in [0, 0.05) is 18.7 Å². The van der Waals surface area contributed by atoms with Crippen LogP contribution in [0.1, 0.15) is 43.2 Å². The summed E-state index contributed by atoms with van der Waals surface area (Å²) in [5.74, 6) is 1.86. The molecule has 2 amide bonds. The minimum absolute atomic E-state index is 0.0333. The number of carbonyl (C=O) groups is 2. The van der Waals surface area contributed by atoms with Crippen LogP contribution in [0.3, 0.4) is 0 Å². The molecule has 3 atom stereocenters. The zero-order chi connectivity index (χ0) is 19.5. The molecular formula is C22H27N3O2S. The molecule has 5 nitrogen and oxygen atoms in total. The highest BCUT2D eigenvalue weighted by molar-refractivity contribution is 7.99. The predicted molar refractivity (Wildman–Crippen MR) is 109 cm³/mol. The Balaban J connectivity index is 1.33. The Morgan fingerprint density at radius 2 is 2.00 bits per heavy atom. The number of hydrogen-bond acceptors (Lipinski definition) is 4. The van der Waals surface area contributed by atoms with Crippen LogP contribution in [-0.2, 0) is 22.4 Å². The largest absolute Gasteiger partial charge is 0.331 e. The van der Waals surface area contributed by atoms with Gasteiger partial charge >= 0.3 is 0 Å². The number of benzene rings is 1. The average molecular weight is 398 g/mol. The fraction of sp³-hybridized carbons (Fsp3) is 0.591. The Kier molecular flexibility index (Phi) is 5.91. The highest BCUT2D eigenvalue weighted by atomic mass is 32.2. The zero-order valence-corrected chi connectivity index (χ0v) is 17.0. The summed E-state index contributed by atoms with van der Waals surface area (Å²) < 4.78 is 0. The first kappa shape index (κ1) is 19.3. The summed E-state index contributed by atoms with van der Waals surface area (Å²) in [7, 11) is 0. The lowest BCUT2D eigenvalue weighted by Crippen LogP contribution is -2.49. The van der Waals surface area contributed by atoms with Gasteiger partial charge in [-0.1, -0.05) is 24.3 Å². The molecule has 0 aromatic heterocycles. The first-order valence-electron chi connectivity index (χ1n) is 10.3. The van der Waals surface area contributed by atoms with Crippen molar-refractivity contribution in [2.24, 2.45) is 5.92 Å². The van der Waals surface area contributed by atoms with E-state index in [1.807, 2.05) is 0 Å². The monoisotopic (exact) mass is 397 g/mol. The van der Waals surface area contributed by atoms with E-state index < -0.39 is 0 Å². The van der Waals surface area contributed by atoms with Crippen LogP contribution in [0.15, 0.2) is 24.3 Å². The van der Waals surface area contributed by atoms with Crippen molar-refractivity contribution < 1.29 is 9.59 Å². The predicted octanol–water partition coefficient (Wildman–Crippen LogP) is 2.99. The third-order valence-corrected chi connectivity index (χ3v) is 7.40. The van der Waals surface area contributed by atoms with Crippen LogP contribution in [0.5, 0.6) is 0 Å². The highest BCUT2D eigenvalue weighted by Gasteiger charge is 2.40. The van der Waals surface area contributed by atoms with Gasteiger partial charge in [0.1, 0.15) is 12.1 Å². The lowest BCUT2D eigenvalue weighted by molar-refractivity contribution is -0.143. The van der Waals surface area contributed by atoms with Crippen LogP contribution in [-0.4, -0.2) is 51.9 Å². The van der Waals surface area contributed by atoms with E-state index in [1.165, 1.54) is 11.1 Å². The van der Waals surface area contributed by atoms with E-state index in [0.717, 1.165) is 38.5 Å². The minimum atomic E-state index is -0.367. The number of thioether (sulfide) groups is 1. The minimum Gasteiger partial charge on any atom is -0.331 e. The van der Waals surface area contributed by atoms with Gasteiger partial charge in [0.25, 0.3) is 0 Å². The van der Waals surface area contributed by atoms with Gasteiger partial charge in [-0.05, 0) is 55.6 Å². The fourth-order valence-electron chi connectivity index (χ4n) is 4.77. The SMILES string of the molecule is N#C[C@@H]1CSCN1C(=O)[C@H]1CCCN1C(=O)CC[C@@H]1CCc2ccccc2C1. The molecule has 1 aromatic carbocycles. The van der Waals surface area contributed by atoms with Gasteiger partial charge < -0.3 is 9.80 Å². The molecule has 0 unspecified atom stereocenters. The number of hydrogen-bond donors (Lipinski definition) is 0. The van der Waals surface area contributed by atoms with Gasteiger partial charge in [-0.25, -0.2) is 0 Å². The lowest BCUT2D eigenvalue weighted by Gasteiger charge is -2.30. The molecular weight excluding hydrogens is 370 g/mol. The molecule has 2 fully saturated rings. The molecule has 0 saturated carbocycles. The van der Waals surface area contributed by atoms with Crippen molar-refractivity contribution in [2.45, 2.75) is 57.0 Å². The molecule has 1 aromatic rings. The van der Waals surface area contributed by atoms with Gasteiger partial charge in [-0.3, -0.25) is 9.59 Å². The number of rotatable bonds is 4. The number of aryl methyl sites for hydroxylation is 1. The number of nitriles is 1. The smallest absolute Gasteiger partial charge is 0.247 e. The number of amides is 2. The summed E-state index contributed by atoms with van der Waals surface area (Å²) in [4.78, 5) is 29.3. The van der Waals surface area contributed by atoms with Crippen LogP contribution in [0.25, 0.3) is 0 Å². The first-order valence-corrected chi connectivity index (χ1v) is 11.5. The normalized spacial score (nSPS) is 26.8. The molecule has 4 rings (SSSR count). The Morgan fingerprint density at radius 3 is 2.82 bits per heavy atom. The molecule has 2 saturated heterocycles. The fourth-order valence-corrected chi connectivity index (χ4v) is 5.86. The van der Waals surface area contributed by atoms with E-state index >= 15 is 0 Å². The van der Waals surface area contributed by atoms with Crippen LogP contribution in [0.2, 0.25) is 0 Å². The Bertz CT molecular complexity index is 790. The van der Waals surface area contributed by atoms with Gasteiger partial charge in [0.05, 0.1) is 11.9 Å². The van der Waals surface area contributed by atoms with Gasteiger partial charge in [0.15, 0.2) is 0 Å². The van der Waals surface area contributed by atoms with Crippen LogP contribution < -0.4 is 0 Å². The van der Waals surface area contributed by atoms with E-state index in [9.17, 15) is 14.9 Å². The van der Waals surface area contributed by atoms with Crippen molar-refractivity contribution in [3.8, 4) is 6.07 Å². The number of likely N-dealkylation sites (tertiary alicyclic amines) is 1. The maximum atomic E-state index is 12.9. The van der Waals surface area contributed by atoms with Crippen LogP contribution in [0.4, 0.5) is 0 Å². The third-order valence-electron chi connectivity index (χ3n) is 6.39. The summed E-state index contributed by atoms with van der Waals surface area (Å²) >= 11 is 1.61. The lowest BCUT2D eigenvalue weighted by atomic mass is 9.81. The van der Waals surface area contributed by atoms with Crippen molar-refractivity contribution in [3.05, 3.63) is 35.4 Å². The third kappa shape index (κ3) is 3.91. The molecule has 28 heavy (non-hydrogen) atoms. The molecule has 2 heterocycles. The molecule has 148 valence electrons. The summed E-state index contributed by atoms with van der Waals surface area (Å²) in [6.45, 7) is 0.668. The quantitative estimate of drug-likeness (QED) is 0.783. The maximum Gasteiger partial charge on any atom is 0.247 e. The number of fused-ring (bicyclic) bond motifs is 1. The molecule has 6 heteroatoms. The molecule has 0 spiro atoms. The van der Waals surface area contributed by atoms with E-state index in [1.54, 1.807) is 21.6 Å². The Hall–Kier alpha value is -2.00. The van der Waals surface area contributed by atoms with Crippen molar-refractivity contribution >= 4 is 23.6 Å². The number of nitrogens with zero attached hydrogens (tertiary/aromatic N) is 3. The summed E-state index contributed by atoms with van der Waals surface area (Å²) in [6, 6.07) is 10.1. The van der Waals surface area contributed by atoms with E-state index in [-0.39, 0.29) is 23.9 Å². The molecule has 2 aliphatic heterocycles. The molecule has 3 aliphatic rings. The Morgan fingerprint density at radius 1 is 1.18 bits per heavy atom. The molecule has 0 bridgehead atoms. The summed E-state index contributed by atoms with van der Waals surface area (Å²) in [5, 5.41) is 9.26. The highest BCUT2D eigenvalue weighted by Crippen LogP contribution is 2.30. The maximum absolute atomic E-state index is 12.9. The molecule has 0 radical (unpaired) electrons. The number of carbonyl (C=O) groups excluding carboxylic acids is 2. The topological polar surface area (TPSA) is 64.4 Å². The van der Waals surface area contributed by atoms with E-state index in [4.69, 9.17) is 0 Å². The van der Waals surface area contributed by atoms with Crippen molar-refractivity contribution in [1.82, 2.24) is 9.80 Å². The second-order valence-corrected chi connectivity index (χ2v) is 9.11. The standard InChI is InChI=1S/C22H27N3O2S/c23-13-19-14-28-15-25(19)22(27)20-6-3-11-24(20)21(26)10-8-16-7-9-17-4-1-2-5-18(17)12-16/h1-2,4-5,16,19-20H,3,6-12,14-15H2/t16-,19+,20+/m0/s1. The summed E-state index contributed by atoms with van der Waals surface area (Å²) in [5.41, 5.74) is 2.88. The average Bonchev–Trinajstić information content (AvgIpc) is 3.40. The van der Waals surface area contributed by atoms with E-state index in [0.29, 0.717) is 30.5 Å². The summed E-state index contributed by atoms with van der Waals surface area (Å²) in [6.07, 6.45) is 6.31. The van der Waals surface area contributed by atoms with Crippen LogP contribution in [0, 0.1) is 17.2 Å². The Labute approximate surface area is 171 Å². The van der Waals surface area contributed by atoms with Crippen LogP contribution >= 0.6 is 11.8 Å². The zero-order valence-electron chi connectivity index (χ0n) is 16.2. The van der Waals surface area contributed by atoms with Crippen molar-refractivity contribution in [3.63, 3.8) is 0 Å². The first-order chi connectivity index (χ1) is 13.7. The molecule has 0 N–H and O–H groups in total.